The van der Waals surface area contributed by atoms with E-state index in [0.29, 0.717) is 0 Å². The zero-order valence-electron chi connectivity index (χ0n) is 34.0. The van der Waals surface area contributed by atoms with Gasteiger partial charge in [0, 0.05) is 49.6 Å². The van der Waals surface area contributed by atoms with E-state index in [1.165, 1.54) is 94.3 Å². The molecule has 9 aromatic rings. The molecule has 57 heavy (non-hydrogen) atoms. The Morgan fingerprint density at radius 3 is 2.05 bits per heavy atom. The molecule has 0 unspecified atom stereocenters. The molecule has 0 saturated carbocycles. The van der Waals surface area contributed by atoms with Gasteiger partial charge in [-0.3, -0.25) is 0 Å². The van der Waals surface area contributed by atoms with Crippen LogP contribution in [0.15, 0.2) is 132 Å². The second kappa shape index (κ2) is 10.7. The minimum Gasteiger partial charge on any atom is -0.456 e. The summed E-state index contributed by atoms with van der Waals surface area (Å²) in [5, 5.41) is 4.80. The quantitative estimate of drug-likeness (QED) is 0.157. The van der Waals surface area contributed by atoms with E-state index < -0.39 is 0 Å². The van der Waals surface area contributed by atoms with Crippen LogP contribution in [0.5, 0.6) is 0 Å². The number of aromatic nitrogens is 1. The highest BCUT2D eigenvalue weighted by molar-refractivity contribution is 6.93. The molecule has 7 aromatic carbocycles. The third kappa shape index (κ3) is 4.28. The van der Waals surface area contributed by atoms with Crippen molar-refractivity contribution in [1.29, 1.82) is 0 Å². The molecule has 0 spiro atoms. The van der Waals surface area contributed by atoms with Gasteiger partial charge in [0.25, 0.3) is 0 Å². The maximum absolute atomic E-state index is 6.52. The summed E-state index contributed by atoms with van der Waals surface area (Å²) < 4.78 is 9.11. The van der Waals surface area contributed by atoms with Crippen molar-refractivity contribution in [2.24, 2.45) is 0 Å². The average molecular weight is 737 g/mol. The van der Waals surface area contributed by atoms with Gasteiger partial charge >= 0.3 is 6.85 Å². The summed E-state index contributed by atoms with van der Waals surface area (Å²) in [6.07, 6.45) is 0. The summed E-state index contributed by atoms with van der Waals surface area (Å²) >= 11 is 0. The molecule has 0 N–H and O–H groups in total. The standard InChI is InChI=1S/C53H45BN2O/c1-51(2,3)30-17-20-32(21-18-30)56-46-29-42-37(33-13-9-11-15-41(33)53(42,7)8)26-38(46)35-22-23-36-39-28-48-40(34-14-10-12-16-47(34)57-48)27-45(39)55-44-24-19-31(52(4,5)6)25-43(44)54(56)49(35)50(36)55/h9-29H,1-8H3. The Morgan fingerprint density at radius 2 is 1.26 bits per heavy atom. The van der Waals surface area contributed by atoms with Crippen LogP contribution in [0.25, 0.3) is 71.7 Å². The van der Waals surface area contributed by atoms with E-state index in [1.54, 1.807) is 0 Å². The average Bonchev–Trinajstić information content (AvgIpc) is 3.80. The van der Waals surface area contributed by atoms with Crippen molar-refractivity contribution in [2.45, 2.75) is 71.6 Å². The molecule has 0 saturated heterocycles. The SMILES string of the molecule is CC(C)(C)c1ccc(N2B3c4cc(C(C)(C)C)ccc4-n4c5cc6c(cc5c5ccc(c3c54)-c3cc4c(cc32)C(C)(C)c2ccccc2-4)oc2ccccc26)cc1. The molecule has 2 aliphatic heterocycles. The van der Waals surface area contributed by atoms with Crippen LogP contribution in [0.2, 0.25) is 0 Å². The summed E-state index contributed by atoms with van der Waals surface area (Å²) in [7, 11) is 0. The van der Waals surface area contributed by atoms with Crippen molar-refractivity contribution in [3.8, 4) is 27.9 Å². The molecule has 0 fully saturated rings. The molecular weight excluding hydrogens is 691 g/mol. The fraction of sp³-hybridized carbons (Fsp3) is 0.208. The lowest BCUT2D eigenvalue weighted by Crippen LogP contribution is -2.60. The van der Waals surface area contributed by atoms with E-state index in [1.807, 2.05) is 0 Å². The predicted octanol–water partition coefficient (Wildman–Crippen LogP) is 12.8. The molecule has 0 bridgehead atoms. The zero-order chi connectivity index (χ0) is 38.9. The Hall–Kier alpha value is -6.00. The van der Waals surface area contributed by atoms with Crippen LogP contribution in [0.3, 0.4) is 0 Å². The van der Waals surface area contributed by atoms with Gasteiger partial charge in [0.1, 0.15) is 11.2 Å². The fourth-order valence-electron chi connectivity index (χ4n) is 10.7. The second-order valence-corrected chi connectivity index (χ2v) is 19.4. The Bertz CT molecular complexity index is 3230. The monoisotopic (exact) mass is 736 g/mol. The van der Waals surface area contributed by atoms with Gasteiger partial charge in [-0.15, -0.1) is 0 Å². The van der Waals surface area contributed by atoms with E-state index in [2.05, 4.69) is 192 Å². The lowest BCUT2D eigenvalue weighted by molar-refractivity contribution is 0.590. The van der Waals surface area contributed by atoms with Gasteiger partial charge in [-0.2, -0.15) is 0 Å². The molecule has 4 heteroatoms. The second-order valence-electron chi connectivity index (χ2n) is 19.4. The van der Waals surface area contributed by atoms with Crippen LogP contribution in [0.4, 0.5) is 11.4 Å². The van der Waals surface area contributed by atoms with Crippen molar-refractivity contribution in [3.63, 3.8) is 0 Å². The molecular formula is C53H45BN2O. The van der Waals surface area contributed by atoms with Crippen molar-refractivity contribution in [1.82, 2.24) is 4.57 Å². The number of hydrogen-bond acceptors (Lipinski definition) is 2. The Morgan fingerprint density at radius 1 is 0.526 bits per heavy atom. The predicted molar refractivity (Wildman–Crippen MR) is 242 cm³/mol. The topological polar surface area (TPSA) is 21.3 Å². The maximum Gasteiger partial charge on any atom is 0.333 e. The molecule has 276 valence electrons. The highest BCUT2D eigenvalue weighted by Gasteiger charge is 2.46. The Balaban J connectivity index is 1.24. The molecule has 4 heterocycles. The molecule has 0 radical (unpaired) electrons. The van der Waals surface area contributed by atoms with Gasteiger partial charge in [0.2, 0.25) is 0 Å². The van der Waals surface area contributed by atoms with Crippen LogP contribution in [-0.2, 0) is 16.2 Å². The van der Waals surface area contributed by atoms with Crippen LogP contribution in [0.1, 0.15) is 77.6 Å². The summed E-state index contributed by atoms with van der Waals surface area (Å²) in [6, 6.07) is 48.8. The minimum absolute atomic E-state index is 0.0207. The summed E-state index contributed by atoms with van der Waals surface area (Å²) in [5.74, 6) is 0. The first-order chi connectivity index (χ1) is 27.3. The van der Waals surface area contributed by atoms with E-state index >= 15 is 0 Å². The number of anilines is 2. The highest BCUT2D eigenvalue weighted by atomic mass is 16.3. The van der Waals surface area contributed by atoms with Crippen molar-refractivity contribution in [3.05, 3.63) is 150 Å². The molecule has 2 aromatic heterocycles. The van der Waals surface area contributed by atoms with Crippen molar-refractivity contribution < 1.29 is 4.42 Å². The number of benzene rings is 7. The highest BCUT2D eigenvalue weighted by Crippen LogP contribution is 2.54. The Kier molecular flexibility index (Phi) is 6.22. The smallest absolute Gasteiger partial charge is 0.333 e. The number of furan rings is 1. The fourth-order valence-corrected chi connectivity index (χ4v) is 10.7. The van der Waals surface area contributed by atoms with E-state index in [9.17, 15) is 0 Å². The van der Waals surface area contributed by atoms with Gasteiger partial charge in [-0.25, -0.2) is 0 Å². The van der Waals surface area contributed by atoms with Gasteiger partial charge < -0.3 is 13.8 Å². The summed E-state index contributed by atoms with van der Waals surface area (Å²) in [5.41, 5.74) is 21.5. The lowest BCUT2D eigenvalue weighted by Gasteiger charge is -2.43. The van der Waals surface area contributed by atoms with Crippen molar-refractivity contribution in [2.75, 3.05) is 4.81 Å². The van der Waals surface area contributed by atoms with E-state index in [0.717, 1.165) is 21.9 Å². The van der Waals surface area contributed by atoms with Crippen LogP contribution in [0, 0.1) is 0 Å². The van der Waals surface area contributed by atoms with Crippen molar-refractivity contribution >= 4 is 72.9 Å². The molecule has 1 aliphatic carbocycles. The zero-order valence-corrected chi connectivity index (χ0v) is 34.0. The van der Waals surface area contributed by atoms with Crippen LogP contribution >= 0.6 is 0 Å². The van der Waals surface area contributed by atoms with E-state index in [4.69, 9.17) is 4.42 Å². The molecule has 3 nitrogen and oxygen atoms in total. The number of nitrogens with zero attached hydrogens (tertiary/aromatic N) is 2. The third-order valence-corrected chi connectivity index (χ3v) is 13.7. The molecule has 3 aliphatic rings. The number of rotatable bonds is 1. The van der Waals surface area contributed by atoms with Crippen LogP contribution in [-0.4, -0.2) is 11.4 Å². The first kappa shape index (κ1) is 33.2. The number of para-hydroxylation sites is 1. The van der Waals surface area contributed by atoms with Gasteiger partial charge in [0.05, 0.1) is 11.0 Å². The largest absolute Gasteiger partial charge is 0.456 e. The molecule has 0 amide bonds. The van der Waals surface area contributed by atoms with E-state index in [-0.39, 0.29) is 23.1 Å². The third-order valence-electron chi connectivity index (χ3n) is 13.7. The van der Waals surface area contributed by atoms with Gasteiger partial charge in [-0.05, 0) is 109 Å². The first-order valence-electron chi connectivity index (χ1n) is 20.5. The number of fused-ring (bicyclic) bond motifs is 14. The molecule has 0 atom stereocenters. The minimum atomic E-state index is -0.121. The Labute approximate surface area is 334 Å². The van der Waals surface area contributed by atoms with Gasteiger partial charge in [-0.1, -0.05) is 134 Å². The van der Waals surface area contributed by atoms with Gasteiger partial charge in [0.15, 0.2) is 0 Å². The maximum atomic E-state index is 6.52. The normalized spacial score (nSPS) is 15.1. The lowest BCUT2D eigenvalue weighted by atomic mass is 9.43. The summed E-state index contributed by atoms with van der Waals surface area (Å²) in [4.78, 5) is 2.69. The number of hydrogen-bond donors (Lipinski definition) is 0. The summed E-state index contributed by atoms with van der Waals surface area (Å²) in [6.45, 7) is 18.7. The first-order valence-corrected chi connectivity index (χ1v) is 20.5. The molecule has 12 rings (SSSR count). The van der Waals surface area contributed by atoms with Crippen LogP contribution < -0.4 is 15.7 Å².